The minimum atomic E-state index is 0.164. The summed E-state index contributed by atoms with van der Waals surface area (Å²) >= 11 is 0. The number of hydrogen-bond acceptors (Lipinski definition) is 3. The normalized spacial score (nSPS) is 11.3. The van der Waals surface area contributed by atoms with E-state index in [1.165, 1.54) is 0 Å². The zero-order valence-corrected chi connectivity index (χ0v) is 14.5. The van der Waals surface area contributed by atoms with Crippen molar-refractivity contribution < 1.29 is 4.79 Å². The van der Waals surface area contributed by atoms with Gasteiger partial charge in [-0.3, -0.25) is 9.20 Å². The molecule has 0 fully saturated rings. The third-order valence-electron chi connectivity index (χ3n) is 4.56. The van der Waals surface area contributed by atoms with Gasteiger partial charge < -0.3 is 0 Å². The summed E-state index contributed by atoms with van der Waals surface area (Å²) in [6.07, 6.45) is 6.14. The van der Waals surface area contributed by atoms with Gasteiger partial charge in [0, 0.05) is 29.8 Å². The Morgan fingerprint density at radius 2 is 2.00 bits per heavy atom. The van der Waals surface area contributed by atoms with Crippen molar-refractivity contribution in [2.75, 3.05) is 0 Å². The van der Waals surface area contributed by atoms with Crippen molar-refractivity contribution >= 4 is 11.6 Å². The third kappa shape index (κ3) is 3.23. The van der Waals surface area contributed by atoms with Crippen LogP contribution in [0.15, 0.2) is 42.7 Å². The highest BCUT2D eigenvalue weighted by molar-refractivity contribution is 5.83. The maximum atomic E-state index is 12.4. The molecular formula is C20H23N3O. The maximum absolute atomic E-state index is 12.4. The SMILES string of the molecule is CCC(CC)C(=O)Cc1cccc(-c2cnc3nc(C)ccn23)c1. The van der Waals surface area contributed by atoms with E-state index in [0.717, 1.165) is 35.4 Å². The molecule has 0 saturated carbocycles. The van der Waals surface area contributed by atoms with Gasteiger partial charge in [-0.1, -0.05) is 32.0 Å². The molecule has 0 amide bonds. The van der Waals surface area contributed by atoms with Crippen LogP contribution in [0.1, 0.15) is 37.9 Å². The first-order valence-electron chi connectivity index (χ1n) is 8.55. The predicted molar refractivity (Wildman–Crippen MR) is 95.9 cm³/mol. The molecule has 4 heteroatoms. The highest BCUT2D eigenvalue weighted by Gasteiger charge is 2.15. The number of aromatic nitrogens is 3. The van der Waals surface area contributed by atoms with Gasteiger partial charge in [-0.25, -0.2) is 9.97 Å². The van der Waals surface area contributed by atoms with Crippen LogP contribution in [0.3, 0.4) is 0 Å². The fraction of sp³-hybridized carbons (Fsp3) is 0.350. The van der Waals surface area contributed by atoms with E-state index in [9.17, 15) is 4.79 Å². The van der Waals surface area contributed by atoms with Crippen molar-refractivity contribution in [2.24, 2.45) is 5.92 Å². The standard InChI is InChI=1S/C20H23N3O/c1-4-16(5-2)19(24)12-15-7-6-8-17(11-15)18-13-21-20-22-14(3)9-10-23(18)20/h6-11,13,16H,4-5,12H2,1-3H3. The van der Waals surface area contributed by atoms with Crippen LogP contribution >= 0.6 is 0 Å². The molecule has 0 N–H and O–H groups in total. The summed E-state index contributed by atoms with van der Waals surface area (Å²) in [6, 6.07) is 10.1. The highest BCUT2D eigenvalue weighted by atomic mass is 16.1. The van der Waals surface area contributed by atoms with E-state index in [2.05, 4.69) is 35.9 Å². The monoisotopic (exact) mass is 321 g/mol. The van der Waals surface area contributed by atoms with E-state index in [-0.39, 0.29) is 5.92 Å². The molecule has 2 aromatic heterocycles. The lowest BCUT2D eigenvalue weighted by atomic mass is 9.93. The van der Waals surface area contributed by atoms with E-state index in [4.69, 9.17) is 0 Å². The second-order valence-electron chi connectivity index (χ2n) is 6.24. The number of carbonyl (C=O) groups is 1. The Balaban J connectivity index is 1.91. The van der Waals surface area contributed by atoms with Gasteiger partial charge >= 0.3 is 0 Å². The van der Waals surface area contributed by atoms with Crippen LogP contribution in [0.25, 0.3) is 17.0 Å². The molecule has 0 atom stereocenters. The molecule has 0 unspecified atom stereocenters. The molecule has 0 radical (unpaired) electrons. The molecule has 24 heavy (non-hydrogen) atoms. The number of benzene rings is 1. The zero-order valence-electron chi connectivity index (χ0n) is 14.5. The van der Waals surface area contributed by atoms with Crippen molar-refractivity contribution in [3.05, 3.63) is 54.0 Å². The first-order chi connectivity index (χ1) is 11.6. The van der Waals surface area contributed by atoms with Gasteiger partial charge in [-0.05, 0) is 37.5 Å². The van der Waals surface area contributed by atoms with Crippen LogP contribution in [-0.2, 0) is 11.2 Å². The number of carbonyl (C=O) groups excluding carboxylic acids is 1. The van der Waals surface area contributed by atoms with Crippen molar-refractivity contribution in [1.29, 1.82) is 0 Å². The molecular weight excluding hydrogens is 298 g/mol. The number of fused-ring (bicyclic) bond motifs is 1. The first kappa shape index (κ1) is 16.4. The van der Waals surface area contributed by atoms with Crippen molar-refractivity contribution in [1.82, 2.24) is 14.4 Å². The van der Waals surface area contributed by atoms with E-state index in [1.54, 1.807) is 0 Å². The summed E-state index contributed by atoms with van der Waals surface area (Å²) in [5.74, 6) is 1.19. The zero-order chi connectivity index (χ0) is 17.1. The number of imidazole rings is 1. The number of hydrogen-bond donors (Lipinski definition) is 0. The van der Waals surface area contributed by atoms with Crippen LogP contribution in [-0.4, -0.2) is 20.2 Å². The van der Waals surface area contributed by atoms with Crippen molar-refractivity contribution in [3.8, 4) is 11.3 Å². The fourth-order valence-electron chi connectivity index (χ4n) is 3.10. The molecule has 1 aromatic carbocycles. The number of nitrogens with zero attached hydrogens (tertiary/aromatic N) is 3. The summed E-state index contributed by atoms with van der Waals surface area (Å²) in [7, 11) is 0. The molecule has 0 spiro atoms. The van der Waals surface area contributed by atoms with Crippen LogP contribution in [0.5, 0.6) is 0 Å². The minimum Gasteiger partial charge on any atom is -0.299 e. The van der Waals surface area contributed by atoms with Gasteiger partial charge in [-0.2, -0.15) is 0 Å². The molecule has 3 rings (SSSR count). The van der Waals surface area contributed by atoms with E-state index in [1.807, 2.05) is 41.9 Å². The smallest absolute Gasteiger partial charge is 0.234 e. The number of rotatable bonds is 6. The van der Waals surface area contributed by atoms with Crippen LogP contribution in [0, 0.1) is 12.8 Å². The third-order valence-corrected chi connectivity index (χ3v) is 4.56. The Hall–Kier alpha value is -2.49. The molecule has 0 aliphatic rings. The summed E-state index contributed by atoms with van der Waals surface area (Å²) in [6.45, 7) is 6.12. The van der Waals surface area contributed by atoms with Crippen molar-refractivity contribution in [3.63, 3.8) is 0 Å². The molecule has 4 nitrogen and oxygen atoms in total. The highest BCUT2D eigenvalue weighted by Crippen LogP contribution is 2.22. The van der Waals surface area contributed by atoms with Gasteiger partial charge in [0.2, 0.25) is 5.78 Å². The summed E-state index contributed by atoms with van der Waals surface area (Å²) < 4.78 is 1.98. The second kappa shape index (κ2) is 6.95. The summed E-state index contributed by atoms with van der Waals surface area (Å²) in [5.41, 5.74) is 4.06. The molecule has 0 bridgehead atoms. The fourth-order valence-corrected chi connectivity index (χ4v) is 3.10. The average Bonchev–Trinajstić information content (AvgIpc) is 2.99. The van der Waals surface area contributed by atoms with Crippen molar-refractivity contribution in [2.45, 2.75) is 40.0 Å². The lowest BCUT2D eigenvalue weighted by Crippen LogP contribution is -2.15. The van der Waals surface area contributed by atoms with Crippen LogP contribution < -0.4 is 0 Å². The van der Waals surface area contributed by atoms with Crippen LogP contribution in [0.4, 0.5) is 0 Å². The lowest BCUT2D eigenvalue weighted by Gasteiger charge is -2.11. The minimum absolute atomic E-state index is 0.164. The van der Waals surface area contributed by atoms with Gasteiger partial charge in [0.25, 0.3) is 0 Å². The Morgan fingerprint density at radius 1 is 1.21 bits per heavy atom. The molecule has 0 aliphatic heterocycles. The number of aryl methyl sites for hydroxylation is 1. The Kier molecular flexibility index (Phi) is 4.74. The van der Waals surface area contributed by atoms with Crippen LogP contribution in [0.2, 0.25) is 0 Å². The van der Waals surface area contributed by atoms with Gasteiger partial charge in [-0.15, -0.1) is 0 Å². The topological polar surface area (TPSA) is 47.3 Å². The largest absolute Gasteiger partial charge is 0.299 e. The van der Waals surface area contributed by atoms with E-state index < -0.39 is 0 Å². The molecule has 0 saturated heterocycles. The Labute approximate surface area is 142 Å². The maximum Gasteiger partial charge on any atom is 0.234 e. The number of Topliss-reactive ketones (excluding diaryl/α,β-unsaturated/α-hetero) is 1. The Bertz CT molecular complexity index is 862. The Morgan fingerprint density at radius 3 is 2.75 bits per heavy atom. The molecule has 3 aromatic rings. The first-order valence-corrected chi connectivity index (χ1v) is 8.55. The average molecular weight is 321 g/mol. The molecule has 2 heterocycles. The predicted octanol–water partition coefficient (Wildman–Crippen LogP) is 4.25. The van der Waals surface area contributed by atoms with Gasteiger partial charge in [0.1, 0.15) is 5.78 Å². The van der Waals surface area contributed by atoms with E-state index >= 15 is 0 Å². The van der Waals surface area contributed by atoms with E-state index in [0.29, 0.717) is 18.0 Å². The summed E-state index contributed by atoms with van der Waals surface area (Å²) in [5, 5.41) is 0. The lowest BCUT2D eigenvalue weighted by molar-refractivity contribution is -0.122. The van der Waals surface area contributed by atoms with Gasteiger partial charge in [0.05, 0.1) is 11.9 Å². The second-order valence-corrected chi connectivity index (χ2v) is 6.24. The molecule has 0 aliphatic carbocycles. The van der Waals surface area contributed by atoms with Gasteiger partial charge in [0.15, 0.2) is 0 Å². The quantitative estimate of drug-likeness (QED) is 0.682. The molecule has 124 valence electrons. The summed E-state index contributed by atoms with van der Waals surface area (Å²) in [4.78, 5) is 21.2. The number of ketones is 1.